The van der Waals surface area contributed by atoms with Crippen molar-refractivity contribution in [3.8, 4) is 0 Å². The van der Waals surface area contributed by atoms with E-state index < -0.39 is 0 Å². The standard InChI is InChI=1S/C13H23NOS/c1-5-8-14-9-10(15)11-6-7-12(16-11)13(2,3)4/h6-7,10,14-15H,5,8-9H2,1-4H3. The van der Waals surface area contributed by atoms with Crippen molar-refractivity contribution in [2.24, 2.45) is 0 Å². The monoisotopic (exact) mass is 241 g/mol. The number of hydrogen-bond donors (Lipinski definition) is 2. The molecule has 16 heavy (non-hydrogen) atoms. The van der Waals surface area contributed by atoms with Gasteiger partial charge in [0.2, 0.25) is 0 Å². The summed E-state index contributed by atoms with van der Waals surface area (Å²) in [4.78, 5) is 2.39. The molecule has 0 saturated heterocycles. The fourth-order valence-electron chi connectivity index (χ4n) is 1.45. The highest BCUT2D eigenvalue weighted by atomic mass is 32.1. The molecule has 0 spiro atoms. The molecule has 1 aromatic rings. The van der Waals surface area contributed by atoms with Crippen LogP contribution in [0.15, 0.2) is 12.1 Å². The maximum atomic E-state index is 9.97. The SMILES string of the molecule is CCCNCC(O)c1ccc(C(C)(C)C)s1. The van der Waals surface area contributed by atoms with Gasteiger partial charge in [0, 0.05) is 16.3 Å². The molecule has 3 heteroatoms. The quantitative estimate of drug-likeness (QED) is 0.777. The molecule has 1 unspecified atom stereocenters. The lowest BCUT2D eigenvalue weighted by atomic mass is 9.95. The van der Waals surface area contributed by atoms with Crippen LogP contribution in [0.25, 0.3) is 0 Å². The highest BCUT2D eigenvalue weighted by Gasteiger charge is 2.18. The molecule has 1 atom stereocenters. The largest absolute Gasteiger partial charge is 0.386 e. The molecule has 0 aliphatic heterocycles. The minimum absolute atomic E-state index is 0.180. The highest BCUT2D eigenvalue weighted by molar-refractivity contribution is 7.12. The summed E-state index contributed by atoms with van der Waals surface area (Å²) in [6, 6.07) is 4.17. The van der Waals surface area contributed by atoms with E-state index in [9.17, 15) is 5.11 Å². The molecule has 0 bridgehead atoms. The second kappa shape index (κ2) is 5.80. The minimum Gasteiger partial charge on any atom is -0.386 e. The number of nitrogens with one attached hydrogen (secondary N) is 1. The van der Waals surface area contributed by atoms with Gasteiger partial charge < -0.3 is 10.4 Å². The molecule has 1 heterocycles. The van der Waals surface area contributed by atoms with E-state index in [-0.39, 0.29) is 11.5 Å². The summed E-state index contributed by atoms with van der Waals surface area (Å²) < 4.78 is 0. The zero-order chi connectivity index (χ0) is 12.2. The average Bonchev–Trinajstić information content (AvgIpc) is 2.66. The molecule has 0 saturated carbocycles. The second-order valence-electron chi connectivity index (χ2n) is 5.17. The molecule has 0 amide bonds. The maximum Gasteiger partial charge on any atom is 0.101 e. The van der Waals surface area contributed by atoms with Gasteiger partial charge in [-0.25, -0.2) is 0 Å². The van der Waals surface area contributed by atoms with E-state index in [1.807, 2.05) is 6.07 Å². The first-order valence-electron chi connectivity index (χ1n) is 5.94. The third-order valence-corrected chi connectivity index (χ3v) is 4.07. The Morgan fingerprint density at radius 3 is 2.56 bits per heavy atom. The molecule has 1 rings (SSSR count). The van der Waals surface area contributed by atoms with Crippen molar-refractivity contribution in [1.82, 2.24) is 5.32 Å². The molecular formula is C13H23NOS. The Kier molecular flexibility index (Phi) is 4.96. The second-order valence-corrected chi connectivity index (χ2v) is 6.29. The molecule has 1 aromatic heterocycles. The van der Waals surface area contributed by atoms with Crippen LogP contribution in [0.1, 0.15) is 50.0 Å². The Morgan fingerprint density at radius 1 is 1.38 bits per heavy atom. The number of hydrogen-bond acceptors (Lipinski definition) is 3. The van der Waals surface area contributed by atoms with E-state index in [1.165, 1.54) is 4.88 Å². The normalized spacial score (nSPS) is 14.1. The van der Waals surface area contributed by atoms with Crippen molar-refractivity contribution in [3.05, 3.63) is 21.9 Å². The lowest BCUT2D eigenvalue weighted by Gasteiger charge is -2.15. The topological polar surface area (TPSA) is 32.3 Å². The van der Waals surface area contributed by atoms with Gasteiger partial charge in [-0.2, -0.15) is 0 Å². The number of thiophene rings is 1. The number of aliphatic hydroxyl groups is 1. The van der Waals surface area contributed by atoms with Crippen LogP contribution < -0.4 is 5.32 Å². The van der Waals surface area contributed by atoms with E-state index in [1.54, 1.807) is 11.3 Å². The van der Waals surface area contributed by atoms with Gasteiger partial charge in [0.15, 0.2) is 0 Å². The first kappa shape index (κ1) is 13.7. The van der Waals surface area contributed by atoms with Crippen LogP contribution in [0.3, 0.4) is 0 Å². The summed E-state index contributed by atoms with van der Waals surface area (Å²) >= 11 is 1.72. The van der Waals surface area contributed by atoms with Crippen LogP contribution in [0.2, 0.25) is 0 Å². The van der Waals surface area contributed by atoms with E-state index in [2.05, 4.69) is 39.1 Å². The Morgan fingerprint density at radius 2 is 2.06 bits per heavy atom. The predicted octanol–water partition coefficient (Wildman–Crippen LogP) is 3.08. The molecule has 0 aromatic carbocycles. The van der Waals surface area contributed by atoms with Crippen LogP contribution in [0.4, 0.5) is 0 Å². The molecule has 2 N–H and O–H groups in total. The summed E-state index contributed by atoms with van der Waals surface area (Å²) in [6.07, 6.45) is 0.734. The lowest BCUT2D eigenvalue weighted by molar-refractivity contribution is 0.178. The molecule has 2 nitrogen and oxygen atoms in total. The van der Waals surface area contributed by atoms with Crippen LogP contribution in [-0.2, 0) is 5.41 Å². The van der Waals surface area contributed by atoms with E-state index in [0.717, 1.165) is 17.8 Å². The first-order valence-corrected chi connectivity index (χ1v) is 6.75. The van der Waals surface area contributed by atoms with Crippen molar-refractivity contribution in [1.29, 1.82) is 0 Å². The van der Waals surface area contributed by atoms with Gasteiger partial charge in [-0.1, -0.05) is 27.7 Å². The molecule has 0 aliphatic carbocycles. The van der Waals surface area contributed by atoms with E-state index in [0.29, 0.717) is 6.54 Å². The van der Waals surface area contributed by atoms with Crippen molar-refractivity contribution in [2.45, 2.75) is 45.6 Å². The molecule has 92 valence electrons. The van der Waals surface area contributed by atoms with Gasteiger partial charge in [-0.05, 0) is 30.5 Å². The summed E-state index contributed by atoms with van der Waals surface area (Å²) in [7, 11) is 0. The molecule has 0 radical (unpaired) electrons. The maximum absolute atomic E-state index is 9.97. The smallest absolute Gasteiger partial charge is 0.101 e. The van der Waals surface area contributed by atoms with Crippen LogP contribution >= 0.6 is 11.3 Å². The van der Waals surface area contributed by atoms with Crippen molar-refractivity contribution in [2.75, 3.05) is 13.1 Å². The fourth-order valence-corrected chi connectivity index (χ4v) is 2.50. The van der Waals surface area contributed by atoms with Gasteiger partial charge in [0.1, 0.15) is 6.10 Å². The number of aliphatic hydroxyl groups excluding tert-OH is 1. The lowest BCUT2D eigenvalue weighted by Crippen LogP contribution is -2.21. The zero-order valence-corrected chi connectivity index (χ0v) is 11.5. The van der Waals surface area contributed by atoms with Gasteiger partial charge in [0.05, 0.1) is 0 Å². The third kappa shape index (κ3) is 3.89. The first-order chi connectivity index (χ1) is 7.45. The molecule has 0 fully saturated rings. The molecular weight excluding hydrogens is 218 g/mol. The Bertz CT molecular complexity index is 314. The summed E-state index contributed by atoms with van der Waals surface area (Å²) in [6.45, 7) is 10.3. The Hall–Kier alpha value is -0.380. The predicted molar refractivity (Wildman–Crippen MR) is 71.1 cm³/mol. The van der Waals surface area contributed by atoms with Gasteiger partial charge in [-0.15, -0.1) is 11.3 Å². The summed E-state index contributed by atoms with van der Waals surface area (Å²) in [5.74, 6) is 0. The van der Waals surface area contributed by atoms with Gasteiger partial charge in [0.25, 0.3) is 0 Å². The zero-order valence-electron chi connectivity index (χ0n) is 10.7. The van der Waals surface area contributed by atoms with Crippen molar-refractivity contribution < 1.29 is 5.11 Å². The Labute approximate surface area is 103 Å². The Balaban J connectivity index is 2.56. The van der Waals surface area contributed by atoms with Crippen molar-refractivity contribution in [3.63, 3.8) is 0 Å². The third-order valence-electron chi connectivity index (χ3n) is 2.46. The average molecular weight is 241 g/mol. The van der Waals surface area contributed by atoms with Gasteiger partial charge in [-0.3, -0.25) is 0 Å². The molecule has 0 aliphatic rings. The highest BCUT2D eigenvalue weighted by Crippen LogP contribution is 2.32. The summed E-state index contributed by atoms with van der Waals surface area (Å²) in [5.41, 5.74) is 0.180. The van der Waals surface area contributed by atoms with Gasteiger partial charge >= 0.3 is 0 Å². The van der Waals surface area contributed by atoms with Crippen LogP contribution in [0.5, 0.6) is 0 Å². The minimum atomic E-state index is -0.368. The van der Waals surface area contributed by atoms with Crippen molar-refractivity contribution >= 4 is 11.3 Å². The number of rotatable bonds is 5. The van der Waals surface area contributed by atoms with Crippen LogP contribution in [-0.4, -0.2) is 18.2 Å². The van der Waals surface area contributed by atoms with E-state index >= 15 is 0 Å². The van der Waals surface area contributed by atoms with E-state index in [4.69, 9.17) is 0 Å². The van der Waals surface area contributed by atoms with Crippen LogP contribution in [0, 0.1) is 0 Å². The summed E-state index contributed by atoms with van der Waals surface area (Å²) in [5, 5.41) is 13.2. The fraction of sp³-hybridized carbons (Fsp3) is 0.692.